The number of aromatic nitrogens is 6. The average Bonchev–Trinajstić information content (AvgIpc) is 3.85. The van der Waals surface area contributed by atoms with Gasteiger partial charge in [-0.1, -0.05) is 111 Å². The summed E-state index contributed by atoms with van der Waals surface area (Å²) in [7, 11) is 5.90. The highest BCUT2D eigenvalue weighted by molar-refractivity contribution is 5.67. The highest BCUT2D eigenvalue weighted by Gasteiger charge is 2.41. The number of hydrogen-bond acceptors (Lipinski definition) is 1. The zero-order valence-corrected chi connectivity index (χ0v) is 40.4. The van der Waals surface area contributed by atoms with Crippen molar-refractivity contribution in [1.29, 1.82) is 0 Å². The molecule has 3 aromatic heterocycles. The summed E-state index contributed by atoms with van der Waals surface area (Å²) >= 11 is 0. The van der Waals surface area contributed by atoms with Crippen molar-refractivity contribution in [2.75, 3.05) is 0 Å². The molecule has 0 saturated heterocycles. The Morgan fingerprint density at radius 1 is 0.695 bits per heavy atom. The minimum Gasteiger partial charge on any atom is -0.481 e. The topological polar surface area (TPSA) is 63.7 Å². The van der Waals surface area contributed by atoms with Crippen molar-refractivity contribution in [3.05, 3.63) is 148 Å². The number of carboxylic acid groups (broad SMARTS) is 1. The normalized spacial score (nSPS) is 9.90. The summed E-state index contributed by atoms with van der Waals surface area (Å²) < 4.78 is 12.1. The maximum atomic E-state index is 11.8. The van der Waals surface area contributed by atoms with Gasteiger partial charge in [0.15, 0.2) is 0 Å². The Bertz CT molecular complexity index is 1700. The van der Waals surface area contributed by atoms with Gasteiger partial charge in [0.05, 0.1) is 33.0 Å². The van der Waals surface area contributed by atoms with Gasteiger partial charge in [0.2, 0.25) is 19.0 Å². The lowest BCUT2D eigenvalue weighted by Gasteiger charge is -2.27. The van der Waals surface area contributed by atoms with Crippen molar-refractivity contribution in [3.63, 3.8) is 0 Å². The lowest BCUT2D eigenvalue weighted by atomic mass is 9.83. The number of imidazole rings is 3. The Kier molecular flexibility index (Phi) is 32.6. The summed E-state index contributed by atoms with van der Waals surface area (Å²) in [6, 6.07) is 11.1. The van der Waals surface area contributed by atoms with Gasteiger partial charge in [-0.3, -0.25) is 4.79 Å². The average molecular weight is 819 g/mol. The van der Waals surface area contributed by atoms with Gasteiger partial charge in [-0.25, -0.2) is 27.4 Å². The molecule has 5 rings (SSSR count). The van der Waals surface area contributed by atoms with Crippen molar-refractivity contribution in [2.24, 2.45) is 26.6 Å². The van der Waals surface area contributed by atoms with E-state index in [-0.39, 0.29) is 36.1 Å². The van der Waals surface area contributed by atoms with Crippen molar-refractivity contribution in [1.82, 2.24) is 13.7 Å². The Morgan fingerprint density at radius 3 is 1.36 bits per heavy atom. The molecule has 0 fully saturated rings. The molecule has 0 bridgehead atoms. The summed E-state index contributed by atoms with van der Waals surface area (Å²) in [4.78, 5) is 11.8. The third-order valence-corrected chi connectivity index (χ3v) is 9.82. The Labute approximate surface area is 364 Å². The van der Waals surface area contributed by atoms with Gasteiger partial charge in [-0.2, -0.15) is 0 Å². The van der Waals surface area contributed by atoms with E-state index in [1.165, 1.54) is 58.2 Å². The number of carboxylic acids is 1. The maximum absolute atomic E-state index is 11.8. The molecule has 1 N–H and O–H groups in total. The summed E-state index contributed by atoms with van der Waals surface area (Å²) in [6.45, 7) is 27.9. The van der Waals surface area contributed by atoms with Crippen LogP contribution in [0.5, 0.6) is 0 Å². The number of carbonyl (C=O) groups is 1. The number of benzene rings is 2. The van der Waals surface area contributed by atoms with Gasteiger partial charge in [0.1, 0.15) is 56.8 Å². The van der Waals surface area contributed by atoms with Crippen LogP contribution in [0, 0.1) is 62.3 Å². The lowest BCUT2D eigenvalue weighted by Crippen LogP contribution is -2.39. The van der Waals surface area contributed by atoms with Gasteiger partial charge in [-0.05, 0) is 80.3 Å². The molecule has 0 aliphatic rings. The highest BCUT2D eigenvalue weighted by atomic mass is 16.4. The van der Waals surface area contributed by atoms with Gasteiger partial charge in [0, 0.05) is 0 Å². The summed E-state index contributed by atoms with van der Waals surface area (Å²) in [6.07, 6.45) is 23.1. The number of unbranched alkanes of at least 4 members (excludes halogenated alkanes) is 2. The number of aryl methyl sites for hydroxylation is 7. The molecule has 0 atom stereocenters. The second-order valence-electron chi connectivity index (χ2n) is 15.3. The molecule has 5 aromatic rings. The van der Waals surface area contributed by atoms with Crippen LogP contribution in [-0.4, -0.2) is 24.8 Å². The van der Waals surface area contributed by atoms with Gasteiger partial charge < -0.3 is 27.4 Å². The molecule has 8 heteroatoms. The first-order valence-electron chi connectivity index (χ1n) is 20.4. The van der Waals surface area contributed by atoms with Crippen molar-refractivity contribution < 1.29 is 23.6 Å². The van der Waals surface area contributed by atoms with Gasteiger partial charge in [0.25, 0.3) is 0 Å². The van der Waals surface area contributed by atoms with Crippen LogP contribution >= 0.6 is 0 Å². The standard InChI is InChI=1S/C18H26N6O2.C12H18.C10H14.C5H12.C2H6.CH4.3CH3/c1-19-4-7-22(14-19)11-18(10-17(25)26,12-23-8-5-20(2)15-23)13-24-9-6-21(3)16-24;1-5-11-7-6-8-12(9(2)3)10(11)4;1-7-5-8(2)10(4)9(3)6-7;1-3-5-4-2;1-2;;;;/h4-9,14-16H,10-13H2,1-3H3;6-9H,5H2,1-4H3;5-6H,1-4H3;3-5H2,1-2H3;1-2H3;1H4;3*1H3/q+2;;;;;;3*-1/p+1. The largest absolute Gasteiger partial charge is 0.481 e. The quantitative estimate of drug-likeness (QED) is 0.101. The van der Waals surface area contributed by atoms with E-state index in [4.69, 9.17) is 0 Å². The Balaban J connectivity index is -0.000000385. The smallest absolute Gasteiger partial charge is 0.304 e. The van der Waals surface area contributed by atoms with Crippen LogP contribution in [0.15, 0.2) is 86.5 Å². The van der Waals surface area contributed by atoms with E-state index in [0.717, 1.165) is 6.42 Å². The molecule has 3 heterocycles. The summed E-state index contributed by atoms with van der Waals surface area (Å²) in [5.41, 5.74) is 9.57. The first-order chi connectivity index (χ1) is 26.0. The molecular formula is C51H90N6O2. The van der Waals surface area contributed by atoms with Crippen molar-refractivity contribution >= 4 is 5.97 Å². The van der Waals surface area contributed by atoms with E-state index < -0.39 is 11.4 Å². The summed E-state index contributed by atoms with van der Waals surface area (Å²) in [5.74, 6) is -0.133. The zero-order chi connectivity index (χ0) is 41.7. The van der Waals surface area contributed by atoms with Crippen LogP contribution in [0.3, 0.4) is 0 Å². The number of aliphatic carboxylic acids is 1. The molecule has 0 unspecified atom stereocenters. The van der Waals surface area contributed by atoms with E-state index >= 15 is 0 Å². The fourth-order valence-electron chi connectivity index (χ4n) is 6.90. The van der Waals surface area contributed by atoms with Crippen LogP contribution in [-0.2, 0) is 52.0 Å². The van der Waals surface area contributed by atoms with Crippen molar-refractivity contribution in [2.45, 2.75) is 148 Å². The molecule has 8 nitrogen and oxygen atoms in total. The number of hydrogen-bond donors (Lipinski definition) is 1. The number of nitrogens with zero attached hydrogens (tertiary/aromatic N) is 6. The fourth-order valence-corrected chi connectivity index (χ4v) is 6.90. The minimum atomic E-state index is -0.783. The third kappa shape index (κ3) is 21.9. The third-order valence-electron chi connectivity index (χ3n) is 9.82. The molecule has 0 aliphatic heterocycles. The predicted octanol–water partition coefficient (Wildman–Crippen LogP) is 11.2. The molecule has 0 saturated carbocycles. The molecule has 0 aliphatic carbocycles. The van der Waals surface area contributed by atoms with E-state index in [2.05, 4.69) is 113 Å². The molecular weight excluding hydrogens is 729 g/mol. The zero-order valence-electron chi connectivity index (χ0n) is 40.4. The molecule has 336 valence electrons. The highest BCUT2D eigenvalue weighted by Crippen LogP contribution is 2.30. The molecule has 0 radical (unpaired) electrons. The Morgan fingerprint density at radius 2 is 1.08 bits per heavy atom. The van der Waals surface area contributed by atoms with Gasteiger partial charge >= 0.3 is 5.97 Å². The monoisotopic (exact) mass is 819 g/mol. The van der Waals surface area contributed by atoms with E-state index in [1.54, 1.807) is 0 Å². The van der Waals surface area contributed by atoms with Crippen molar-refractivity contribution in [3.8, 4) is 0 Å². The summed E-state index contributed by atoms with van der Waals surface area (Å²) in [5, 5.41) is 9.66. The van der Waals surface area contributed by atoms with E-state index in [1.807, 2.05) is 105 Å². The SMILES string of the molecule is C.CC.CCCCC.CCc1cccc(C(C)C)c1C.C[n+]1ccn(CC(CC(=O)O)(Cn2cc[n+](C)c2)Cn2cc[n+](C)c2)c1.Cc1cc(C)c(C)c(C)c1.[CH3-].[CH3-].[CH3-]. The Hall–Kier alpha value is -4.46. The van der Waals surface area contributed by atoms with Crippen LogP contribution < -0.4 is 13.7 Å². The molecule has 59 heavy (non-hydrogen) atoms. The van der Waals surface area contributed by atoms with Crippen LogP contribution in [0.4, 0.5) is 0 Å². The maximum Gasteiger partial charge on any atom is 0.304 e. The first-order valence-corrected chi connectivity index (χ1v) is 20.4. The molecule has 0 amide bonds. The van der Waals surface area contributed by atoms with Crippen LogP contribution in [0.25, 0.3) is 0 Å². The molecule has 2 aromatic carbocycles. The van der Waals surface area contributed by atoms with Crippen LogP contribution in [0.1, 0.15) is 126 Å². The van der Waals surface area contributed by atoms with Gasteiger partial charge in [-0.15, -0.1) is 0 Å². The first kappa shape index (κ1) is 61.2. The second-order valence-corrected chi connectivity index (χ2v) is 15.3. The second kappa shape index (κ2) is 31.5. The molecule has 0 spiro atoms. The van der Waals surface area contributed by atoms with E-state index in [9.17, 15) is 9.90 Å². The van der Waals surface area contributed by atoms with Crippen LogP contribution in [0.2, 0.25) is 0 Å². The number of rotatable bonds is 12. The minimum absolute atomic E-state index is 0. The van der Waals surface area contributed by atoms with E-state index in [0.29, 0.717) is 25.6 Å². The lowest BCUT2D eigenvalue weighted by molar-refractivity contribution is -0.671. The fraction of sp³-hybridized carbons (Fsp3) is 0.510. The predicted molar refractivity (Wildman–Crippen MR) is 254 cm³/mol.